The van der Waals surface area contributed by atoms with Gasteiger partial charge in [0.05, 0.1) is 12.7 Å². The molecule has 1 aromatic carbocycles. The van der Waals surface area contributed by atoms with Gasteiger partial charge in [-0.1, -0.05) is 11.6 Å². The van der Waals surface area contributed by atoms with E-state index in [2.05, 4.69) is 0 Å². The van der Waals surface area contributed by atoms with E-state index in [9.17, 15) is 18.3 Å². The number of benzene rings is 1. The van der Waals surface area contributed by atoms with Crippen molar-refractivity contribution in [1.82, 2.24) is 0 Å². The molecular weight excluding hydrogens is 245 g/mol. The molecule has 0 saturated heterocycles. The van der Waals surface area contributed by atoms with Crippen LogP contribution >= 0.6 is 0 Å². The first-order valence-electron chi connectivity index (χ1n) is 5.78. The van der Waals surface area contributed by atoms with Gasteiger partial charge in [-0.25, -0.2) is 0 Å². The molecule has 0 aliphatic carbocycles. The molecule has 0 fully saturated rings. The van der Waals surface area contributed by atoms with Gasteiger partial charge in [-0.2, -0.15) is 13.2 Å². The number of aliphatic hydroxyl groups excluding tert-OH is 1. The summed E-state index contributed by atoms with van der Waals surface area (Å²) in [5.74, 6) is 0.442. The second-order valence-electron chi connectivity index (χ2n) is 4.28. The Hall–Kier alpha value is -1.23. The van der Waals surface area contributed by atoms with Crippen molar-refractivity contribution in [3.63, 3.8) is 0 Å². The van der Waals surface area contributed by atoms with Crippen molar-refractivity contribution in [2.75, 3.05) is 6.61 Å². The highest BCUT2D eigenvalue weighted by molar-refractivity contribution is 5.38. The first-order valence-corrected chi connectivity index (χ1v) is 5.78. The molecule has 1 rings (SSSR count). The highest BCUT2D eigenvalue weighted by Gasteiger charge is 2.26. The Bertz CT molecular complexity index is 386. The smallest absolute Gasteiger partial charge is 0.389 e. The van der Waals surface area contributed by atoms with Gasteiger partial charge in [0, 0.05) is 12.0 Å². The van der Waals surface area contributed by atoms with Gasteiger partial charge >= 0.3 is 6.18 Å². The van der Waals surface area contributed by atoms with Crippen molar-refractivity contribution in [3.8, 4) is 5.75 Å². The number of aliphatic hydroxyl groups is 1. The largest absolute Gasteiger partial charge is 0.493 e. The summed E-state index contributed by atoms with van der Waals surface area (Å²) in [7, 11) is 0. The van der Waals surface area contributed by atoms with Crippen LogP contribution in [-0.2, 0) is 0 Å². The lowest BCUT2D eigenvalue weighted by Crippen LogP contribution is -2.10. The summed E-state index contributed by atoms with van der Waals surface area (Å²) in [6.45, 7) is 3.46. The molecule has 1 aromatic rings. The van der Waals surface area contributed by atoms with Crippen molar-refractivity contribution in [2.24, 2.45) is 0 Å². The van der Waals surface area contributed by atoms with Crippen molar-refractivity contribution in [3.05, 3.63) is 29.3 Å². The van der Waals surface area contributed by atoms with Crippen LogP contribution in [0.15, 0.2) is 18.2 Å². The first-order chi connectivity index (χ1) is 8.29. The van der Waals surface area contributed by atoms with E-state index in [4.69, 9.17) is 4.74 Å². The van der Waals surface area contributed by atoms with E-state index in [0.29, 0.717) is 11.3 Å². The van der Waals surface area contributed by atoms with Crippen molar-refractivity contribution in [1.29, 1.82) is 0 Å². The lowest BCUT2D eigenvalue weighted by atomic mass is 10.1. The Kier molecular flexibility index (Phi) is 5.02. The van der Waals surface area contributed by atoms with Crippen LogP contribution in [0.5, 0.6) is 5.75 Å². The number of alkyl halides is 3. The molecular formula is C13H17F3O2. The molecule has 0 aliphatic rings. The Morgan fingerprint density at radius 3 is 2.56 bits per heavy atom. The monoisotopic (exact) mass is 262 g/mol. The third-order valence-electron chi connectivity index (χ3n) is 2.48. The van der Waals surface area contributed by atoms with Gasteiger partial charge < -0.3 is 9.84 Å². The van der Waals surface area contributed by atoms with Crippen LogP contribution in [0, 0.1) is 6.92 Å². The fourth-order valence-electron chi connectivity index (χ4n) is 1.58. The molecule has 18 heavy (non-hydrogen) atoms. The van der Waals surface area contributed by atoms with Crippen LogP contribution in [0.3, 0.4) is 0 Å². The SMILES string of the molecule is Cc1ccc(OCCCC(F)(F)F)c([C@@H](C)O)c1. The molecule has 0 aromatic heterocycles. The highest BCUT2D eigenvalue weighted by atomic mass is 19.4. The summed E-state index contributed by atoms with van der Waals surface area (Å²) in [6, 6.07) is 5.24. The van der Waals surface area contributed by atoms with Gasteiger partial charge in [0.2, 0.25) is 0 Å². The fourth-order valence-corrected chi connectivity index (χ4v) is 1.58. The maximum absolute atomic E-state index is 11.9. The minimum atomic E-state index is -4.15. The highest BCUT2D eigenvalue weighted by Crippen LogP contribution is 2.27. The molecule has 0 radical (unpaired) electrons. The van der Waals surface area contributed by atoms with Crippen LogP contribution in [-0.4, -0.2) is 17.9 Å². The molecule has 0 unspecified atom stereocenters. The van der Waals surface area contributed by atoms with Crippen LogP contribution in [0.2, 0.25) is 0 Å². The fraction of sp³-hybridized carbons (Fsp3) is 0.538. The topological polar surface area (TPSA) is 29.5 Å². The summed E-state index contributed by atoms with van der Waals surface area (Å²) in [6.07, 6.45) is -5.80. The zero-order valence-electron chi connectivity index (χ0n) is 10.4. The van der Waals surface area contributed by atoms with E-state index >= 15 is 0 Å². The Balaban J connectivity index is 2.57. The van der Waals surface area contributed by atoms with E-state index in [-0.39, 0.29) is 13.0 Å². The zero-order valence-corrected chi connectivity index (χ0v) is 10.4. The van der Waals surface area contributed by atoms with Crippen LogP contribution < -0.4 is 4.74 Å². The first kappa shape index (κ1) is 14.8. The van der Waals surface area contributed by atoms with Crippen LogP contribution in [0.1, 0.15) is 37.0 Å². The van der Waals surface area contributed by atoms with Gasteiger partial charge in [-0.3, -0.25) is 0 Å². The third-order valence-corrected chi connectivity index (χ3v) is 2.48. The van der Waals surface area contributed by atoms with Crippen molar-refractivity contribution >= 4 is 0 Å². The number of aryl methyl sites for hydroxylation is 1. The lowest BCUT2D eigenvalue weighted by molar-refractivity contribution is -0.136. The van der Waals surface area contributed by atoms with Crippen LogP contribution in [0.25, 0.3) is 0 Å². The number of hydrogen-bond acceptors (Lipinski definition) is 2. The van der Waals surface area contributed by atoms with Crippen molar-refractivity contribution < 1.29 is 23.0 Å². The van der Waals surface area contributed by atoms with E-state index in [1.165, 1.54) is 0 Å². The predicted molar refractivity (Wildman–Crippen MR) is 62.6 cm³/mol. The van der Waals surface area contributed by atoms with E-state index in [1.807, 2.05) is 6.92 Å². The average Bonchev–Trinajstić information content (AvgIpc) is 2.24. The second kappa shape index (κ2) is 6.09. The van der Waals surface area contributed by atoms with Crippen molar-refractivity contribution in [2.45, 2.75) is 39.0 Å². The summed E-state index contributed by atoms with van der Waals surface area (Å²) in [5, 5.41) is 9.55. The van der Waals surface area contributed by atoms with Gasteiger partial charge in [0.15, 0.2) is 0 Å². The van der Waals surface area contributed by atoms with Gasteiger partial charge in [0.1, 0.15) is 5.75 Å². The minimum Gasteiger partial charge on any atom is -0.493 e. The average molecular weight is 262 g/mol. The molecule has 102 valence electrons. The molecule has 0 bridgehead atoms. The normalized spacial score (nSPS) is 13.4. The molecule has 2 nitrogen and oxygen atoms in total. The molecule has 1 atom stereocenters. The Labute approximate surface area is 104 Å². The number of ether oxygens (including phenoxy) is 1. The van der Waals surface area contributed by atoms with E-state index in [0.717, 1.165) is 5.56 Å². The van der Waals surface area contributed by atoms with Gasteiger partial charge in [-0.15, -0.1) is 0 Å². The number of hydrogen-bond donors (Lipinski definition) is 1. The number of halogens is 3. The lowest BCUT2D eigenvalue weighted by Gasteiger charge is -2.14. The standard InChI is InChI=1S/C13H17F3O2/c1-9-4-5-12(11(8-9)10(2)17)18-7-3-6-13(14,15)16/h4-5,8,10,17H,3,6-7H2,1-2H3/t10-/m1/s1. The molecule has 0 amide bonds. The maximum atomic E-state index is 11.9. The summed E-state index contributed by atoms with van der Waals surface area (Å²) >= 11 is 0. The van der Waals surface area contributed by atoms with Crippen LogP contribution in [0.4, 0.5) is 13.2 Å². The molecule has 0 aliphatic heterocycles. The van der Waals surface area contributed by atoms with E-state index < -0.39 is 18.7 Å². The minimum absolute atomic E-state index is 0.0116. The van der Waals surface area contributed by atoms with Gasteiger partial charge in [0.25, 0.3) is 0 Å². The second-order valence-corrected chi connectivity index (χ2v) is 4.28. The van der Waals surface area contributed by atoms with Gasteiger partial charge in [-0.05, 0) is 32.4 Å². The zero-order chi connectivity index (χ0) is 13.8. The predicted octanol–water partition coefficient (Wildman–Crippen LogP) is 3.77. The Morgan fingerprint density at radius 2 is 2.00 bits per heavy atom. The molecule has 0 spiro atoms. The third kappa shape index (κ3) is 4.96. The maximum Gasteiger partial charge on any atom is 0.389 e. The van der Waals surface area contributed by atoms with E-state index in [1.54, 1.807) is 25.1 Å². The summed E-state index contributed by atoms with van der Waals surface area (Å²) in [4.78, 5) is 0. The quantitative estimate of drug-likeness (QED) is 0.818. The summed E-state index contributed by atoms with van der Waals surface area (Å²) < 4.78 is 41.1. The molecule has 0 heterocycles. The molecule has 5 heteroatoms. The molecule has 1 N–H and O–H groups in total. The summed E-state index contributed by atoms with van der Waals surface area (Å²) in [5.41, 5.74) is 1.57. The Morgan fingerprint density at radius 1 is 1.33 bits per heavy atom. The molecule has 0 saturated carbocycles. The number of rotatable bonds is 5.